The number of carbonyl (C=O) groups excluding carboxylic acids is 1. The first-order valence-corrected chi connectivity index (χ1v) is 4.97. The van der Waals surface area contributed by atoms with E-state index in [9.17, 15) is 9.59 Å². The van der Waals surface area contributed by atoms with E-state index in [0.717, 1.165) is 0 Å². The maximum absolute atomic E-state index is 11.1. The number of aromatic carboxylic acids is 1. The van der Waals surface area contributed by atoms with Crippen LogP contribution in [0.1, 0.15) is 22.8 Å². The second-order valence-electron chi connectivity index (χ2n) is 3.55. The van der Waals surface area contributed by atoms with Crippen molar-refractivity contribution in [1.82, 2.24) is 0 Å². The van der Waals surface area contributed by atoms with E-state index < -0.39 is 5.97 Å². The summed E-state index contributed by atoms with van der Waals surface area (Å²) in [6.07, 6.45) is 0.132. The molecule has 0 aliphatic heterocycles. The van der Waals surface area contributed by atoms with Gasteiger partial charge in [0.05, 0.1) is 14.2 Å². The molecule has 1 N–H and O–H groups in total. The van der Waals surface area contributed by atoms with Crippen molar-refractivity contribution in [2.24, 2.45) is 0 Å². The first-order valence-electron chi connectivity index (χ1n) is 4.97. The average molecular weight is 238 g/mol. The standard InChI is InChI=1S/C12H14O5/c1-7(13)4-8-5-9(12(14)15)11(17-3)6-10(8)16-2/h5-6H,4H2,1-3H3,(H,14,15). The molecule has 0 saturated heterocycles. The maximum atomic E-state index is 11.1. The summed E-state index contributed by atoms with van der Waals surface area (Å²) in [5, 5.41) is 9.01. The second kappa shape index (κ2) is 5.34. The van der Waals surface area contributed by atoms with Crippen LogP contribution in [-0.2, 0) is 11.2 Å². The molecule has 0 aromatic heterocycles. The Balaban J connectivity index is 3.33. The van der Waals surface area contributed by atoms with Crippen LogP contribution in [-0.4, -0.2) is 31.1 Å². The van der Waals surface area contributed by atoms with E-state index in [-0.39, 0.29) is 23.5 Å². The van der Waals surface area contributed by atoms with E-state index in [0.29, 0.717) is 11.3 Å². The zero-order valence-corrected chi connectivity index (χ0v) is 9.94. The molecule has 0 aliphatic carbocycles. The Morgan fingerprint density at radius 1 is 1.18 bits per heavy atom. The molecule has 0 atom stereocenters. The summed E-state index contributed by atoms with van der Waals surface area (Å²) >= 11 is 0. The van der Waals surface area contributed by atoms with Crippen LogP contribution in [0.15, 0.2) is 12.1 Å². The third kappa shape index (κ3) is 2.96. The quantitative estimate of drug-likeness (QED) is 0.842. The van der Waals surface area contributed by atoms with Gasteiger partial charge in [-0.3, -0.25) is 4.79 Å². The molecule has 0 aliphatic rings. The molecule has 0 radical (unpaired) electrons. The van der Waals surface area contributed by atoms with Gasteiger partial charge in [-0.25, -0.2) is 4.79 Å². The minimum atomic E-state index is -1.10. The van der Waals surface area contributed by atoms with Gasteiger partial charge in [-0.05, 0) is 13.0 Å². The van der Waals surface area contributed by atoms with Gasteiger partial charge in [-0.15, -0.1) is 0 Å². The molecule has 0 heterocycles. The van der Waals surface area contributed by atoms with E-state index in [4.69, 9.17) is 14.6 Å². The summed E-state index contributed by atoms with van der Waals surface area (Å²) in [6.45, 7) is 1.43. The highest BCUT2D eigenvalue weighted by molar-refractivity contribution is 5.92. The molecule has 1 rings (SSSR count). The molecule has 5 nitrogen and oxygen atoms in total. The van der Waals surface area contributed by atoms with Gasteiger partial charge in [0.25, 0.3) is 0 Å². The fourth-order valence-electron chi connectivity index (χ4n) is 1.54. The number of methoxy groups -OCH3 is 2. The molecule has 17 heavy (non-hydrogen) atoms. The highest BCUT2D eigenvalue weighted by Gasteiger charge is 2.16. The number of carboxylic acid groups (broad SMARTS) is 1. The van der Waals surface area contributed by atoms with Crippen molar-refractivity contribution in [2.75, 3.05) is 14.2 Å². The Labute approximate surface area is 99.0 Å². The van der Waals surface area contributed by atoms with Crippen LogP contribution in [0.4, 0.5) is 0 Å². The van der Waals surface area contributed by atoms with Gasteiger partial charge >= 0.3 is 5.97 Å². The average Bonchev–Trinajstić information content (AvgIpc) is 2.27. The number of rotatable bonds is 5. The molecule has 92 valence electrons. The maximum Gasteiger partial charge on any atom is 0.339 e. The number of Topliss-reactive ketones (excluding diaryl/α,β-unsaturated/α-hetero) is 1. The van der Waals surface area contributed by atoms with Crippen molar-refractivity contribution >= 4 is 11.8 Å². The third-order valence-electron chi connectivity index (χ3n) is 2.27. The zero-order chi connectivity index (χ0) is 13.0. The van der Waals surface area contributed by atoms with Crippen LogP contribution in [0, 0.1) is 0 Å². The predicted octanol–water partition coefficient (Wildman–Crippen LogP) is 1.53. The first kappa shape index (κ1) is 13.0. The lowest BCUT2D eigenvalue weighted by Crippen LogP contribution is -2.06. The molecule has 1 aromatic rings. The number of benzene rings is 1. The number of carboxylic acids is 1. The number of hydrogen-bond donors (Lipinski definition) is 1. The Morgan fingerprint density at radius 2 is 1.76 bits per heavy atom. The van der Waals surface area contributed by atoms with Crippen LogP contribution in [0.2, 0.25) is 0 Å². The molecule has 0 spiro atoms. The van der Waals surface area contributed by atoms with Crippen molar-refractivity contribution in [3.8, 4) is 11.5 Å². The SMILES string of the molecule is COc1cc(OC)c(C(=O)O)cc1CC(C)=O. The van der Waals surface area contributed by atoms with Gasteiger partial charge in [0.15, 0.2) is 0 Å². The lowest BCUT2D eigenvalue weighted by atomic mass is 10.0. The van der Waals surface area contributed by atoms with E-state index in [1.54, 1.807) is 0 Å². The number of ether oxygens (including phenoxy) is 2. The van der Waals surface area contributed by atoms with E-state index in [1.807, 2.05) is 0 Å². The summed E-state index contributed by atoms with van der Waals surface area (Å²) in [4.78, 5) is 22.1. The van der Waals surface area contributed by atoms with Crippen molar-refractivity contribution in [3.63, 3.8) is 0 Å². The Morgan fingerprint density at radius 3 is 2.18 bits per heavy atom. The minimum absolute atomic E-state index is 0.0181. The summed E-state index contributed by atoms with van der Waals surface area (Å²) in [6, 6.07) is 2.88. The lowest BCUT2D eigenvalue weighted by molar-refractivity contribution is -0.116. The normalized spacial score (nSPS) is 9.82. The van der Waals surface area contributed by atoms with E-state index >= 15 is 0 Å². The molecular weight excluding hydrogens is 224 g/mol. The summed E-state index contributed by atoms with van der Waals surface area (Å²) in [5.74, 6) is -0.511. The number of ketones is 1. The smallest absolute Gasteiger partial charge is 0.339 e. The Kier molecular flexibility index (Phi) is 4.09. The molecule has 1 aromatic carbocycles. The second-order valence-corrected chi connectivity index (χ2v) is 3.55. The molecular formula is C12H14O5. The number of hydrogen-bond acceptors (Lipinski definition) is 4. The van der Waals surface area contributed by atoms with E-state index in [1.165, 1.54) is 33.3 Å². The van der Waals surface area contributed by atoms with Gasteiger partial charge in [-0.1, -0.05) is 0 Å². The van der Waals surface area contributed by atoms with Gasteiger partial charge < -0.3 is 14.6 Å². The van der Waals surface area contributed by atoms with Crippen LogP contribution >= 0.6 is 0 Å². The number of carbonyl (C=O) groups is 2. The van der Waals surface area contributed by atoms with Crippen molar-refractivity contribution in [1.29, 1.82) is 0 Å². The Hall–Kier alpha value is -2.04. The van der Waals surface area contributed by atoms with E-state index in [2.05, 4.69) is 0 Å². The van der Waals surface area contributed by atoms with Crippen molar-refractivity contribution < 1.29 is 24.2 Å². The highest BCUT2D eigenvalue weighted by Crippen LogP contribution is 2.29. The molecule has 0 bridgehead atoms. The summed E-state index contributed by atoms with van der Waals surface area (Å²) < 4.78 is 10.1. The highest BCUT2D eigenvalue weighted by atomic mass is 16.5. The summed E-state index contributed by atoms with van der Waals surface area (Å²) in [7, 11) is 2.84. The summed E-state index contributed by atoms with van der Waals surface area (Å²) in [5.41, 5.74) is 0.558. The molecule has 0 saturated carbocycles. The topological polar surface area (TPSA) is 72.8 Å². The first-order chi connectivity index (χ1) is 7.99. The molecule has 5 heteroatoms. The predicted molar refractivity (Wildman–Crippen MR) is 60.9 cm³/mol. The molecule has 0 amide bonds. The van der Waals surface area contributed by atoms with Gasteiger partial charge in [0, 0.05) is 18.1 Å². The van der Waals surface area contributed by atoms with Crippen LogP contribution < -0.4 is 9.47 Å². The van der Waals surface area contributed by atoms with Crippen LogP contribution in [0.5, 0.6) is 11.5 Å². The van der Waals surface area contributed by atoms with Crippen molar-refractivity contribution in [3.05, 3.63) is 23.3 Å². The van der Waals surface area contributed by atoms with Gasteiger partial charge in [0.1, 0.15) is 22.8 Å². The largest absolute Gasteiger partial charge is 0.496 e. The Bertz CT molecular complexity index is 450. The lowest BCUT2D eigenvalue weighted by Gasteiger charge is -2.12. The van der Waals surface area contributed by atoms with Gasteiger partial charge in [-0.2, -0.15) is 0 Å². The van der Waals surface area contributed by atoms with Crippen molar-refractivity contribution in [2.45, 2.75) is 13.3 Å². The molecule has 0 unspecified atom stereocenters. The monoisotopic (exact) mass is 238 g/mol. The van der Waals surface area contributed by atoms with Crippen LogP contribution in [0.25, 0.3) is 0 Å². The fourth-order valence-corrected chi connectivity index (χ4v) is 1.54. The van der Waals surface area contributed by atoms with Gasteiger partial charge in [0.2, 0.25) is 0 Å². The molecule has 0 fully saturated rings. The minimum Gasteiger partial charge on any atom is -0.496 e. The zero-order valence-electron chi connectivity index (χ0n) is 9.94. The third-order valence-corrected chi connectivity index (χ3v) is 2.27. The van der Waals surface area contributed by atoms with Crippen LogP contribution in [0.3, 0.4) is 0 Å². The fraction of sp³-hybridized carbons (Fsp3) is 0.333.